The topological polar surface area (TPSA) is 141 Å². The summed E-state index contributed by atoms with van der Waals surface area (Å²) in [6.45, 7) is 1.36. The van der Waals surface area contributed by atoms with E-state index in [1.54, 1.807) is 0 Å². The Balaban J connectivity index is 2.22. The Hall–Kier alpha value is -2.88. The van der Waals surface area contributed by atoms with Gasteiger partial charge in [-0.05, 0) is 31.2 Å². The maximum Gasteiger partial charge on any atom is 0.277 e. The summed E-state index contributed by atoms with van der Waals surface area (Å²) in [6.07, 6.45) is 0. The van der Waals surface area contributed by atoms with E-state index in [0.29, 0.717) is 0 Å². The number of carbonyl (C=O) groups is 2. The highest BCUT2D eigenvalue weighted by Gasteiger charge is 2.15. The highest BCUT2D eigenvalue weighted by atomic mass is 32.2. The monoisotopic (exact) mass is 351 g/mol. The second kappa shape index (κ2) is 7.13. The van der Waals surface area contributed by atoms with Gasteiger partial charge in [-0.15, -0.1) is 0 Å². The van der Waals surface area contributed by atoms with E-state index in [2.05, 4.69) is 15.3 Å². The molecule has 0 fully saturated rings. The molecule has 10 heteroatoms. The Kier molecular flexibility index (Phi) is 5.19. The maximum absolute atomic E-state index is 12.8. The van der Waals surface area contributed by atoms with Crippen molar-refractivity contribution in [2.75, 3.05) is 11.1 Å². The molecule has 4 N–H and O–H groups in total. The number of aliphatic carboxylic acids is 1. The first-order valence-corrected chi connectivity index (χ1v) is 7.50. The quantitative estimate of drug-likeness (QED) is 0.507. The molecule has 1 aromatic heterocycles. The fourth-order valence-corrected chi connectivity index (χ4v) is 2.38. The van der Waals surface area contributed by atoms with Crippen molar-refractivity contribution in [3.05, 3.63) is 46.0 Å². The molecule has 2 rings (SSSR count). The number of carbonyl (C=O) groups excluding carboxylic acids is 2. The van der Waals surface area contributed by atoms with Crippen molar-refractivity contribution >= 4 is 35.1 Å². The van der Waals surface area contributed by atoms with Crippen LogP contribution in [0.15, 0.2) is 34.2 Å². The molecule has 126 valence electrons. The lowest BCUT2D eigenvalue weighted by Gasteiger charge is -2.12. The van der Waals surface area contributed by atoms with Crippen molar-refractivity contribution in [2.45, 2.75) is 17.3 Å². The Labute approximate surface area is 139 Å². The molecule has 0 unspecified atom stereocenters. The zero-order valence-corrected chi connectivity index (χ0v) is 13.1. The standard InChI is InChI=1S/C14H13FN4O4S/c1-6(13(22)23)24-14-18-10(16)9(12(21)19-14)17-11(20)7-2-4-8(15)5-3-7/h2-6H,1H3,(H,17,20)(H,22,23)(H3,16,18,19,21)/p-1/t6-/m0/s1. The second-order valence-corrected chi connectivity index (χ2v) is 6.00. The van der Waals surface area contributed by atoms with Crippen LogP contribution in [0.1, 0.15) is 17.3 Å². The van der Waals surface area contributed by atoms with Crippen LogP contribution in [0.25, 0.3) is 0 Å². The van der Waals surface area contributed by atoms with Crippen molar-refractivity contribution in [1.82, 2.24) is 9.97 Å². The van der Waals surface area contributed by atoms with E-state index in [1.807, 2.05) is 0 Å². The molecule has 0 radical (unpaired) electrons. The summed E-state index contributed by atoms with van der Waals surface area (Å²) in [6, 6.07) is 4.69. The van der Waals surface area contributed by atoms with Crippen LogP contribution < -0.4 is 21.7 Å². The number of hydrogen-bond acceptors (Lipinski definition) is 7. The van der Waals surface area contributed by atoms with Gasteiger partial charge in [-0.2, -0.15) is 0 Å². The van der Waals surface area contributed by atoms with Crippen LogP contribution in [0.3, 0.4) is 0 Å². The van der Waals surface area contributed by atoms with Crippen LogP contribution in [0.4, 0.5) is 15.9 Å². The normalized spacial score (nSPS) is 11.8. The number of aromatic nitrogens is 2. The van der Waals surface area contributed by atoms with Gasteiger partial charge in [0, 0.05) is 10.8 Å². The van der Waals surface area contributed by atoms with Crippen molar-refractivity contribution in [2.24, 2.45) is 0 Å². The molecule has 0 bridgehead atoms. The van der Waals surface area contributed by atoms with Gasteiger partial charge in [-0.1, -0.05) is 11.8 Å². The molecular weight excluding hydrogens is 339 g/mol. The molecule has 1 amide bonds. The third-order valence-corrected chi connectivity index (χ3v) is 3.85. The summed E-state index contributed by atoms with van der Waals surface area (Å²) in [7, 11) is 0. The molecule has 8 nitrogen and oxygen atoms in total. The minimum absolute atomic E-state index is 0.0195. The Morgan fingerprint density at radius 2 is 2.00 bits per heavy atom. The Morgan fingerprint density at radius 1 is 1.38 bits per heavy atom. The van der Waals surface area contributed by atoms with Gasteiger partial charge in [-0.3, -0.25) is 14.6 Å². The van der Waals surface area contributed by atoms with E-state index in [4.69, 9.17) is 5.73 Å². The number of nitrogens with one attached hydrogen (secondary N) is 2. The number of nitrogen functional groups attached to an aromatic ring is 1. The molecule has 0 saturated carbocycles. The number of hydrogen-bond donors (Lipinski definition) is 3. The van der Waals surface area contributed by atoms with Gasteiger partial charge in [0.25, 0.3) is 11.5 Å². The van der Waals surface area contributed by atoms with Gasteiger partial charge in [0.05, 0.1) is 5.97 Å². The fourth-order valence-electron chi connectivity index (χ4n) is 1.65. The molecule has 0 aliphatic heterocycles. The number of benzene rings is 1. The number of carboxylic acids is 1. The lowest BCUT2D eigenvalue weighted by molar-refractivity contribution is -0.304. The first-order valence-electron chi connectivity index (χ1n) is 6.62. The highest BCUT2D eigenvalue weighted by molar-refractivity contribution is 8.00. The van der Waals surface area contributed by atoms with Crippen LogP contribution in [0, 0.1) is 5.82 Å². The van der Waals surface area contributed by atoms with E-state index >= 15 is 0 Å². The number of halogens is 1. The van der Waals surface area contributed by atoms with Crippen LogP contribution in [0.2, 0.25) is 0 Å². The predicted molar refractivity (Wildman–Crippen MR) is 83.9 cm³/mol. The number of carboxylic acid groups (broad SMARTS) is 1. The SMILES string of the molecule is C[C@H](Sc1nc(N)c(NC(=O)c2ccc(F)cc2)c(=O)[nH]1)C(=O)[O-]. The van der Waals surface area contributed by atoms with Gasteiger partial charge < -0.3 is 21.0 Å². The summed E-state index contributed by atoms with van der Waals surface area (Å²) in [5, 5.41) is 12.0. The fraction of sp³-hybridized carbons (Fsp3) is 0.143. The van der Waals surface area contributed by atoms with Crippen molar-refractivity contribution in [1.29, 1.82) is 0 Å². The Bertz CT molecular complexity index is 838. The summed E-state index contributed by atoms with van der Waals surface area (Å²) in [5.74, 6) is -2.77. The minimum atomic E-state index is -1.32. The molecule has 0 aliphatic carbocycles. The summed E-state index contributed by atoms with van der Waals surface area (Å²) < 4.78 is 12.8. The van der Waals surface area contributed by atoms with Crippen molar-refractivity contribution in [3.63, 3.8) is 0 Å². The lowest BCUT2D eigenvalue weighted by Crippen LogP contribution is -2.31. The molecule has 24 heavy (non-hydrogen) atoms. The van der Waals surface area contributed by atoms with Crippen LogP contribution in [-0.2, 0) is 4.79 Å². The zero-order chi connectivity index (χ0) is 17.9. The lowest BCUT2D eigenvalue weighted by atomic mass is 10.2. The van der Waals surface area contributed by atoms with Crippen molar-refractivity contribution < 1.29 is 19.1 Å². The molecular formula is C14H12FN4O4S-. The first kappa shape index (κ1) is 17.5. The molecule has 1 aromatic carbocycles. The van der Waals surface area contributed by atoms with E-state index in [-0.39, 0.29) is 22.2 Å². The van der Waals surface area contributed by atoms with Crippen LogP contribution >= 0.6 is 11.8 Å². The van der Waals surface area contributed by atoms with Crippen molar-refractivity contribution in [3.8, 4) is 0 Å². The summed E-state index contributed by atoms with van der Waals surface area (Å²) in [5.41, 5.74) is 4.74. The van der Waals surface area contributed by atoms with Gasteiger partial charge in [0.2, 0.25) is 0 Å². The Morgan fingerprint density at radius 3 is 2.54 bits per heavy atom. The van der Waals surface area contributed by atoms with Crippen LogP contribution in [-0.4, -0.2) is 27.1 Å². The molecule has 0 aliphatic rings. The minimum Gasteiger partial charge on any atom is -0.549 e. The predicted octanol–water partition coefficient (Wildman–Crippen LogP) is -0.0260. The number of amides is 1. The molecule has 0 spiro atoms. The molecule has 1 atom stereocenters. The number of H-pyrrole nitrogens is 1. The van der Waals surface area contributed by atoms with E-state index in [1.165, 1.54) is 19.1 Å². The van der Waals surface area contributed by atoms with Gasteiger partial charge in [0.1, 0.15) is 11.5 Å². The van der Waals surface area contributed by atoms with Crippen LogP contribution in [0.5, 0.6) is 0 Å². The molecule has 1 heterocycles. The molecule has 2 aromatic rings. The number of anilines is 2. The zero-order valence-electron chi connectivity index (χ0n) is 12.3. The average Bonchev–Trinajstić information content (AvgIpc) is 2.51. The summed E-state index contributed by atoms with van der Waals surface area (Å²) in [4.78, 5) is 40.9. The number of thioether (sulfide) groups is 1. The number of rotatable bonds is 5. The maximum atomic E-state index is 12.8. The smallest absolute Gasteiger partial charge is 0.277 e. The van der Waals surface area contributed by atoms with Gasteiger partial charge in [-0.25, -0.2) is 9.37 Å². The largest absolute Gasteiger partial charge is 0.549 e. The number of nitrogens with two attached hydrogens (primary N) is 1. The van der Waals surface area contributed by atoms with Gasteiger partial charge in [0.15, 0.2) is 11.0 Å². The second-order valence-electron chi connectivity index (χ2n) is 4.67. The van der Waals surface area contributed by atoms with E-state index in [9.17, 15) is 23.9 Å². The third kappa shape index (κ3) is 4.10. The first-order chi connectivity index (χ1) is 11.3. The van der Waals surface area contributed by atoms with E-state index in [0.717, 1.165) is 23.9 Å². The third-order valence-electron chi connectivity index (χ3n) is 2.89. The van der Waals surface area contributed by atoms with Gasteiger partial charge >= 0.3 is 0 Å². The average molecular weight is 351 g/mol. The van der Waals surface area contributed by atoms with E-state index < -0.39 is 28.5 Å². The number of nitrogens with zero attached hydrogens (tertiary/aromatic N) is 1. The summed E-state index contributed by atoms with van der Waals surface area (Å²) >= 11 is 0.742. The number of aromatic amines is 1. The highest BCUT2D eigenvalue weighted by Crippen LogP contribution is 2.21. The molecule has 0 saturated heterocycles.